The first kappa shape index (κ1) is 22.5. The van der Waals surface area contributed by atoms with Crippen molar-refractivity contribution in [3.63, 3.8) is 0 Å². The van der Waals surface area contributed by atoms with Crippen LogP contribution in [-0.2, 0) is 4.79 Å². The number of hydrogen-bond acceptors (Lipinski definition) is 2. The fraction of sp³-hybridized carbons (Fsp3) is 0.231. The molecule has 2 amide bonds. The lowest BCUT2D eigenvalue weighted by atomic mass is 9.62. The van der Waals surface area contributed by atoms with Gasteiger partial charge < -0.3 is 9.80 Å². The molecule has 0 N–H and O–H groups in total. The van der Waals surface area contributed by atoms with Gasteiger partial charge in [0.15, 0.2) is 11.6 Å². The summed E-state index contributed by atoms with van der Waals surface area (Å²) in [7, 11) is 0. The highest BCUT2D eigenvalue weighted by Gasteiger charge is 2.62. The molecule has 5 rings (SSSR count). The van der Waals surface area contributed by atoms with E-state index in [0.717, 1.165) is 11.3 Å². The van der Waals surface area contributed by atoms with Gasteiger partial charge in [-0.05, 0) is 48.7 Å². The fourth-order valence-corrected chi connectivity index (χ4v) is 5.20. The van der Waals surface area contributed by atoms with Crippen LogP contribution in [0.4, 0.5) is 18.9 Å². The Kier molecular flexibility index (Phi) is 5.60. The van der Waals surface area contributed by atoms with Crippen molar-refractivity contribution in [2.75, 3.05) is 18.0 Å². The molecule has 8 heteroatoms. The maximum atomic E-state index is 14.2. The predicted octanol–water partition coefficient (Wildman–Crippen LogP) is 5.77. The molecule has 34 heavy (non-hydrogen) atoms. The average Bonchev–Trinajstić information content (AvgIpc) is 2.85. The summed E-state index contributed by atoms with van der Waals surface area (Å²) in [6, 6.07) is 17.4. The summed E-state index contributed by atoms with van der Waals surface area (Å²) in [4.78, 5) is 29.5. The Labute approximate surface area is 199 Å². The zero-order valence-corrected chi connectivity index (χ0v) is 18.7. The van der Waals surface area contributed by atoms with Gasteiger partial charge in [0.05, 0.1) is 17.0 Å². The van der Waals surface area contributed by atoms with Crippen LogP contribution in [0.5, 0.6) is 0 Å². The highest BCUT2D eigenvalue weighted by atomic mass is 35.5. The van der Waals surface area contributed by atoms with E-state index < -0.39 is 34.3 Å². The van der Waals surface area contributed by atoms with Gasteiger partial charge in [0.1, 0.15) is 5.82 Å². The molecule has 3 aromatic rings. The van der Waals surface area contributed by atoms with Crippen LogP contribution in [0, 0.1) is 22.9 Å². The van der Waals surface area contributed by atoms with Crippen LogP contribution in [0.3, 0.4) is 0 Å². The largest absolute Gasteiger partial charge is 0.338 e. The van der Waals surface area contributed by atoms with Crippen molar-refractivity contribution in [1.82, 2.24) is 4.90 Å². The molecule has 174 valence electrons. The Morgan fingerprint density at radius 2 is 1.50 bits per heavy atom. The molecule has 2 aliphatic rings. The van der Waals surface area contributed by atoms with E-state index in [2.05, 4.69) is 0 Å². The standard InChI is InChI=1S/C26H20ClF3N2O2/c27-17-8-6-16(7-9-17)23-26(25(34)32(23)18-4-2-1-3-5-18)10-12-31(13-11-26)24(33)19-14-21(29)22(30)15-20(19)28/h1-9,14-15,23H,10-13H2. The second-order valence-corrected chi connectivity index (χ2v) is 9.10. The van der Waals surface area contributed by atoms with Crippen LogP contribution in [-0.4, -0.2) is 29.8 Å². The van der Waals surface area contributed by atoms with E-state index in [1.165, 1.54) is 4.90 Å². The summed E-state index contributed by atoms with van der Waals surface area (Å²) >= 11 is 6.08. The number of amides is 2. The first-order valence-corrected chi connectivity index (χ1v) is 11.3. The van der Waals surface area contributed by atoms with Crippen LogP contribution in [0.1, 0.15) is 34.8 Å². The molecule has 2 aliphatic heterocycles. The van der Waals surface area contributed by atoms with E-state index in [9.17, 15) is 22.8 Å². The number of halogens is 4. The lowest BCUT2D eigenvalue weighted by Gasteiger charge is -2.59. The Balaban J connectivity index is 1.42. The molecule has 0 aromatic heterocycles. The smallest absolute Gasteiger partial charge is 0.256 e. The molecule has 0 bridgehead atoms. The van der Waals surface area contributed by atoms with Gasteiger partial charge in [0.2, 0.25) is 5.91 Å². The van der Waals surface area contributed by atoms with Gasteiger partial charge in [0, 0.05) is 29.9 Å². The number of piperidine rings is 1. The molecule has 1 atom stereocenters. The van der Waals surface area contributed by atoms with Crippen LogP contribution >= 0.6 is 11.6 Å². The molecule has 0 aliphatic carbocycles. The van der Waals surface area contributed by atoms with Crippen LogP contribution in [0.2, 0.25) is 5.02 Å². The highest BCUT2D eigenvalue weighted by Crippen LogP contribution is 2.57. The number of hydrogen-bond donors (Lipinski definition) is 0. The quantitative estimate of drug-likeness (QED) is 0.350. The van der Waals surface area contributed by atoms with E-state index in [-0.39, 0.29) is 25.0 Å². The second-order valence-electron chi connectivity index (χ2n) is 8.66. The number of nitrogens with zero attached hydrogens (tertiary/aromatic N) is 2. The van der Waals surface area contributed by atoms with Crippen LogP contribution in [0.15, 0.2) is 66.7 Å². The Morgan fingerprint density at radius 1 is 0.882 bits per heavy atom. The van der Waals surface area contributed by atoms with Crippen LogP contribution < -0.4 is 4.90 Å². The monoisotopic (exact) mass is 484 g/mol. The fourth-order valence-electron chi connectivity index (χ4n) is 5.08. The Bertz CT molecular complexity index is 1260. The molecule has 3 aromatic carbocycles. The molecule has 4 nitrogen and oxygen atoms in total. The van der Waals surface area contributed by atoms with Crippen LogP contribution in [0.25, 0.3) is 0 Å². The molecule has 1 unspecified atom stereocenters. The summed E-state index contributed by atoms with van der Waals surface area (Å²) < 4.78 is 41.1. The van der Waals surface area contributed by atoms with E-state index in [1.807, 2.05) is 42.5 Å². The topological polar surface area (TPSA) is 40.6 Å². The Morgan fingerprint density at radius 3 is 2.15 bits per heavy atom. The molecule has 1 spiro atoms. The number of para-hydroxylation sites is 1. The number of rotatable bonds is 3. The van der Waals surface area contributed by atoms with Gasteiger partial charge >= 0.3 is 0 Å². The minimum atomic E-state index is -1.35. The minimum absolute atomic E-state index is 0.0373. The van der Waals surface area contributed by atoms with Crippen molar-refractivity contribution in [3.05, 3.63) is 100 Å². The third kappa shape index (κ3) is 3.55. The molecular formula is C26H20ClF3N2O2. The summed E-state index contributed by atoms with van der Waals surface area (Å²) in [5, 5.41) is 0.587. The number of benzene rings is 3. The maximum Gasteiger partial charge on any atom is 0.256 e. The highest BCUT2D eigenvalue weighted by molar-refractivity contribution is 6.30. The summed E-state index contributed by atoms with van der Waals surface area (Å²) in [6.45, 7) is 0.380. The summed E-state index contributed by atoms with van der Waals surface area (Å²) in [6.07, 6.45) is 0.721. The van der Waals surface area contributed by atoms with Crippen molar-refractivity contribution in [1.29, 1.82) is 0 Å². The first-order valence-electron chi connectivity index (χ1n) is 10.9. The first-order chi connectivity index (χ1) is 16.3. The van der Waals surface area contributed by atoms with Gasteiger partial charge in [-0.15, -0.1) is 0 Å². The third-order valence-corrected chi connectivity index (χ3v) is 7.08. The molecule has 0 radical (unpaired) electrons. The molecular weight excluding hydrogens is 465 g/mol. The zero-order valence-electron chi connectivity index (χ0n) is 18.0. The number of carbonyl (C=O) groups excluding carboxylic acids is 2. The van der Waals surface area contributed by atoms with Gasteiger partial charge in [-0.2, -0.15) is 0 Å². The van der Waals surface area contributed by atoms with Crippen molar-refractivity contribution < 1.29 is 22.8 Å². The van der Waals surface area contributed by atoms with Crippen molar-refractivity contribution in [2.45, 2.75) is 18.9 Å². The molecule has 0 saturated carbocycles. The number of carbonyl (C=O) groups is 2. The summed E-state index contributed by atoms with van der Waals surface area (Å²) in [5.41, 5.74) is 0.460. The number of anilines is 1. The lowest BCUT2D eigenvalue weighted by molar-refractivity contribution is -0.144. The van der Waals surface area contributed by atoms with Crippen molar-refractivity contribution in [3.8, 4) is 0 Å². The molecule has 2 fully saturated rings. The molecule has 2 heterocycles. The van der Waals surface area contributed by atoms with Crippen molar-refractivity contribution >= 4 is 29.1 Å². The van der Waals surface area contributed by atoms with Gasteiger partial charge in [0.25, 0.3) is 5.91 Å². The second kappa shape index (κ2) is 8.47. The van der Waals surface area contributed by atoms with Gasteiger partial charge in [-0.1, -0.05) is 41.9 Å². The normalized spacial score (nSPS) is 19.3. The SMILES string of the molecule is O=C(c1cc(F)c(F)cc1F)N1CCC2(CC1)C(=O)N(c1ccccc1)C2c1ccc(Cl)cc1. The molecule has 2 saturated heterocycles. The van der Waals surface area contributed by atoms with Gasteiger partial charge in [-0.3, -0.25) is 9.59 Å². The summed E-state index contributed by atoms with van der Waals surface area (Å²) in [5.74, 6) is -4.50. The number of likely N-dealkylation sites (tertiary alicyclic amines) is 1. The zero-order chi connectivity index (χ0) is 24.0. The number of β-lactam (4-membered cyclic amide) rings is 1. The van der Waals surface area contributed by atoms with Crippen molar-refractivity contribution in [2.24, 2.45) is 5.41 Å². The average molecular weight is 485 g/mol. The minimum Gasteiger partial charge on any atom is -0.338 e. The van der Waals surface area contributed by atoms with E-state index in [4.69, 9.17) is 11.6 Å². The Hall–Kier alpha value is -3.32. The third-order valence-electron chi connectivity index (χ3n) is 6.83. The van der Waals surface area contributed by atoms with E-state index in [0.29, 0.717) is 30.0 Å². The maximum absolute atomic E-state index is 14.2. The van der Waals surface area contributed by atoms with E-state index >= 15 is 0 Å². The lowest BCUT2D eigenvalue weighted by Crippen LogP contribution is -2.67. The van der Waals surface area contributed by atoms with Gasteiger partial charge in [-0.25, -0.2) is 13.2 Å². The van der Waals surface area contributed by atoms with E-state index in [1.54, 1.807) is 17.0 Å². The predicted molar refractivity (Wildman–Crippen MR) is 122 cm³/mol.